The minimum absolute atomic E-state index is 0.0372. The molecule has 0 bridgehead atoms. The first-order valence-corrected chi connectivity index (χ1v) is 15.4. The molecule has 0 saturated heterocycles. The smallest absolute Gasteiger partial charge is 0.311 e. The van der Waals surface area contributed by atoms with Crippen molar-refractivity contribution >= 4 is 17.7 Å². The third-order valence-corrected chi connectivity index (χ3v) is 14.4. The Balaban J connectivity index is 1.53. The van der Waals surface area contributed by atoms with E-state index in [1.54, 1.807) is 7.11 Å². The molecule has 0 aliphatic heterocycles. The molecule has 5 saturated carbocycles. The minimum atomic E-state index is -0.397. The summed E-state index contributed by atoms with van der Waals surface area (Å²) in [5.74, 6) is 1.47. The van der Waals surface area contributed by atoms with Crippen molar-refractivity contribution in [2.24, 2.45) is 56.2 Å². The lowest BCUT2D eigenvalue weighted by Crippen LogP contribution is -2.68. The molecule has 0 aromatic rings. The zero-order valence-corrected chi connectivity index (χ0v) is 25.3. The zero-order chi connectivity index (χ0) is 27.9. The number of ketones is 1. The van der Waals surface area contributed by atoms with Crippen LogP contribution in [0.3, 0.4) is 0 Å². The van der Waals surface area contributed by atoms with Crippen molar-refractivity contribution < 1.29 is 23.9 Å². The molecule has 5 aliphatic rings. The maximum atomic E-state index is 13.1. The Morgan fingerprint density at radius 1 is 0.842 bits per heavy atom. The summed E-state index contributed by atoms with van der Waals surface area (Å²) in [4.78, 5) is 38.0. The monoisotopic (exact) mass is 528 g/mol. The first kappa shape index (κ1) is 28.1. The molecule has 3 unspecified atom stereocenters. The number of rotatable bonds is 3. The fraction of sp³-hybridized carbons (Fsp3) is 0.909. The molecule has 0 aromatic heterocycles. The Kier molecular flexibility index (Phi) is 6.52. The van der Waals surface area contributed by atoms with Crippen molar-refractivity contribution in [1.82, 2.24) is 0 Å². The number of methoxy groups -OCH3 is 1. The quantitative estimate of drug-likeness (QED) is 0.364. The molecule has 10 atom stereocenters. The van der Waals surface area contributed by atoms with E-state index in [0.29, 0.717) is 36.6 Å². The molecule has 0 heterocycles. The van der Waals surface area contributed by atoms with E-state index in [1.807, 2.05) is 0 Å². The molecule has 5 heteroatoms. The van der Waals surface area contributed by atoms with Gasteiger partial charge in [-0.05, 0) is 111 Å². The van der Waals surface area contributed by atoms with Crippen LogP contribution < -0.4 is 0 Å². The Labute approximate surface area is 230 Å². The molecule has 38 heavy (non-hydrogen) atoms. The van der Waals surface area contributed by atoms with Gasteiger partial charge in [0.15, 0.2) is 0 Å². The number of hydrogen-bond donors (Lipinski definition) is 0. The maximum absolute atomic E-state index is 13.1. The Morgan fingerprint density at radius 3 is 2.13 bits per heavy atom. The van der Waals surface area contributed by atoms with Gasteiger partial charge in [0.1, 0.15) is 5.78 Å². The van der Waals surface area contributed by atoms with Gasteiger partial charge in [0.05, 0.1) is 19.1 Å². The lowest BCUT2D eigenvalue weighted by atomic mass is 9.30. The number of fused-ring (bicyclic) bond motifs is 7. The van der Waals surface area contributed by atoms with E-state index in [9.17, 15) is 14.4 Å². The average Bonchev–Trinajstić information content (AvgIpc) is 2.87. The van der Waals surface area contributed by atoms with E-state index in [2.05, 4.69) is 41.5 Å². The van der Waals surface area contributed by atoms with Gasteiger partial charge in [-0.2, -0.15) is 0 Å². The van der Waals surface area contributed by atoms with Gasteiger partial charge in [-0.1, -0.05) is 34.6 Å². The van der Waals surface area contributed by atoms with Gasteiger partial charge >= 0.3 is 11.9 Å². The van der Waals surface area contributed by atoms with E-state index in [0.717, 1.165) is 51.4 Å². The fourth-order valence-electron chi connectivity index (χ4n) is 11.8. The molecule has 214 valence electrons. The van der Waals surface area contributed by atoms with Crippen LogP contribution in [0.1, 0.15) is 119 Å². The predicted molar refractivity (Wildman–Crippen MR) is 147 cm³/mol. The zero-order valence-electron chi connectivity index (χ0n) is 25.3. The van der Waals surface area contributed by atoms with E-state index in [4.69, 9.17) is 9.47 Å². The fourth-order valence-corrected chi connectivity index (χ4v) is 11.8. The van der Waals surface area contributed by atoms with Crippen LogP contribution in [0, 0.1) is 56.2 Å². The summed E-state index contributed by atoms with van der Waals surface area (Å²) >= 11 is 0. The lowest BCUT2D eigenvalue weighted by molar-refractivity contribution is -0.263. The van der Waals surface area contributed by atoms with Gasteiger partial charge in [-0.3, -0.25) is 14.4 Å². The summed E-state index contributed by atoms with van der Waals surface area (Å²) < 4.78 is 11.1. The highest BCUT2D eigenvalue weighted by atomic mass is 16.5. The second kappa shape index (κ2) is 8.80. The predicted octanol–water partition coefficient (Wildman–Crippen LogP) is 7.15. The number of Topliss-reactive ketones (excluding diaryl/α,β-unsaturated/α-hetero) is 1. The maximum Gasteiger partial charge on any atom is 0.311 e. The SMILES string of the molecule is COC(=O)[C@]1(C)CC[C@]2(C)CC[C@]3(C)C4CC[C@@]5(COC(C)=O)C(CCC(=O)[C@@H]5C)[C@]4(C)CCC3(C)[C@@H]2C1. The lowest BCUT2D eigenvalue weighted by Gasteiger charge is -2.74. The molecule has 5 nitrogen and oxygen atoms in total. The third-order valence-electron chi connectivity index (χ3n) is 14.4. The Bertz CT molecular complexity index is 1020. The van der Waals surface area contributed by atoms with E-state index < -0.39 is 5.41 Å². The van der Waals surface area contributed by atoms with Crippen molar-refractivity contribution in [2.75, 3.05) is 13.7 Å². The standard InChI is InChI=1S/C33H52O5/c1-21-23(35)9-10-25-30(5)16-18-32(7)26-19-29(4,27(36)37-8)14-13-28(26,3)15-17-31(32,6)24(30)11-12-33(21,25)20-38-22(2)34/h21,24-26H,9-20H2,1-8H3/t21-,24?,25?,26+,28+,29+,30+,31+,32?,33-/m0/s1. The molecule has 5 aliphatic carbocycles. The van der Waals surface area contributed by atoms with Crippen LogP contribution in [0.25, 0.3) is 0 Å². The largest absolute Gasteiger partial charge is 0.469 e. The van der Waals surface area contributed by atoms with Crippen LogP contribution >= 0.6 is 0 Å². The number of carbonyl (C=O) groups excluding carboxylic acids is 3. The van der Waals surface area contributed by atoms with Crippen LogP contribution in [0.15, 0.2) is 0 Å². The van der Waals surface area contributed by atoms with Crippen LogP contribution in [0.2, 0.25) is 0 Å². The number of ether oxygens (including phenoxy) is 2. The van der Waals surface area contributed by atoms with Crippen molar-refractivity contribution in [3.63, 3.8) is 0 Å². The van der Waals surface area contributed by atoms with Gasteiger partial charge in [-0.15, -0.1) is 0 Å². The first-order valence-electron chi connectivity index (χ1n) is 15.4. The second-order valence-electron chi connectivity index (χ2n) is 15.7. The van der Waals surface area contributed by atoms with Crippen molar-refractivity contribution in [3.05, 3.63) is 0 Å². The molecule has 5 fully saturated rings. The summed E-state index contributed by atoms with van der Waals surface area (Å²) in [5.41, 5.74) is 0.0904. The molecule has 0 N–H and O–H groups in total. The molecule has 0 spiro atoms. The summed E-state index contributed by atoms with van der Waals surface area (Å²) in [7, 11) is 1.54. The summed E-state index contributed by atoms with van der Waals surface area (Å²) in [6, 6.07) is 0. The highest BCUT2D eigenvalue weighted by Gasteiger charge is 2.72. The van der Waals surface area contributed by atoms with Crippen LogP contribution in [-0.2, 0) is 23.9 Å². The van der Waals surface area contributed by atoms with Gasteiger partial charge in [-0.25, -0.2) is 0 Å². The number of carbonyl (C=O) groups is 3. The van der Waals surface area contributed by atoms with Gasteiger partial charge < -0.3 is 9.47 Å². The average molecular weight is 529 g/mol. The van der Waals surface area contributed by atoms with Gasteiger partial charge in [0, 0.05) is 24.7 Å². The number of hydrogen-bond acceptors (Lipinski definition) is 5. The Hall–Kier alpha value is -1.39. The van der Waals surface area contributed by atoms with Crippen LogP contribution in [0.4, 0.5) is 0 Å². The second-order valence-corrected chi connectivity index (χ2v) is 15.7. The van der Waals surface area contributed by atoms with E-state index in [1.165, 1.54) is 19.8 Å². The van der Waals surface area contributed by atoms with E-state index >= 15 is 0 Å². The van der Waals surface area contributed by atoms with E-state index in [-0.39, 0.29) is 44.9 Å². The van der Waals surface area contributed by atoms with Crippen molar-refractivity contribution in [3.8, 4) is 0 Å². The first-order chi connectivity index (χ1) is 17.6. The van der Waals surface area contributed by atoms with Crippen molar-refractivity contribution in [1.29, 1.82) is 0 Å². The normalized spacial score (nSPS) is 52.1. The topological polar surface area (TPSA) is 69.7 Å². The Morgan fingerprint density at radius 2 is 1.47 bits per heavy atom. The van der Waals surface area contributed by atoms with Crippen molar-refractivity contribution in [2.45, 2.75) is 119 Å². The highest BCUT2D eigenvalue weighted by Crippen LogP contribution is 2.78. The minimum Gasteiger partial charge on any atom is -0.469 e. The van der Waals surface area contributed by atoms with Gasteiger partial charge in [0.2, 0.25) is 0 Å². The van der Waals surface area contributed by atoms with Gasteiger partial charge in [0.25, 0.3) is 0 Å². The highest BCUT2D eigenvalue weighted by molar-refractivity contribution is 5.82. The summed E-state index contributed by atoms with van der Waals surface area (Å²) in [5, 5.41) is 0. The summed E-state index contributed by atoms with van der Waals surface area (Å²) in [6.45, 7) is 16.3. The van der Waals surface area contributed by atoms with Crippen LogP contribution in [-0.4, -0.2) is 31.4 Å². The molecular formula is C33H52O5. The third kappa shape index (κ3) is 3.57. The number of esters is 2. The molecular weight excluding hydrogens is 476 g/mol. The molecule has 0 amide bonds. The molecule has 0 aromatic carbocycles. The molecule has 5 rings (SSSR count). The van der Waals surface area contributed by atoms with Crippen LogP contribution in [0.5, 0.6) is 0 Å². The summed E-state index contributed by atoms with van der Waals surface area (Å²) in [6.07, 6.45) is 11.4. The molecule has 0 radical (unpaired) electrons.